The molecule has 0 aromatic rings. The summed E-state index contributed by atoms with van der Waals surface area (Å²) in [5.41, 5.74) is 0. The lowest BCUT2D eigenvalue weighted by Crippen LogP contribution is -1.98. The smallest absolute Gasteiger partial charge is 0.305 e. The molecule has 0 saturated heterocycles. The first-order chi connectivity index (χ1) is 10.3. The summed E-state index contributed by atoms with van der Waals surface area (Å²) in [6.45, 7) is 3.65. The van der Waals surface area contributed by atoms with Crippen molar-refractivity contribution in [1.29, 1.82) is 0 Å². The molecule has 0 aliphatic heterocycles. The van der Waals surface area contributed by atoms with Gasteiger partial charge in [-0.3, -0.25) is 4.79 Å². The maximum Gasteiger partial charge on any atom is 0.305 e. The molecule has 0 aromatic carbocycles. The van der Waals surface area contributed by atoms with Gasteiger partial charge in [-0.1, -0.05) is 55.5 Å². The van der Waals surface area contributed by atoms with E-state index in [1.54, 1.807) is 0 Å². The van der Waals surface area contributed by atoms with Crippen LogP contribution in [0, 0.1) is 0 Å². The molecule has 0 saturated carbocycles. The van der Waals surface area contributed by atoms with Crippen LogP contribution in [0.4, 0.5) is 0 Å². The Kier molecular flexibility index (Phi) is 15.3. The van der Waals surface area contributed by atoms with E-state index in [1.165, 1.54) is 26.4 Å². The van der Waals surface area contributed by atoms with E-state index >= 15 is 0 Å². The summed E-state index contributed by atoms with van der Waals surface area (Å²) in [5.74, 6) is -0.112. The van der Waals surface area contributed by atoms with E-state index < -0.39 is 0 Å². The molecule has 0 rings (SSSR count). The second-order valence-corrected chi connectivity index (χ2v) is 4.98. The number of ether oxygens (including phenoxy) is 1. The van der Waals surface area contributed by atoms with E-state index in [0.29, 0.717) is 6.42 Å². The van der Waals surface area contributed by atoms with E-state index in [-0.39, 0.29) is 5.97 Å². The van der Waals surface area contributed by atoms with E-state index in [4.69, 9.17) is 0 Å². The first-order valence-electron chi connectivity index (χ1n) is 7.97. The van der Waals surface area contributed by atoms with E-state index in [2.05, 4.69) is 41.7 Å². The van der Waals surface area contributed by atoms with Crippen molar-refractivity contribution in [3.8, 4) is 0 Å². The molecule has 0 N–H and O–H groups in total. The summed E-state index contributed by atoms with van der Waals surface area (Å²) in [7, 11) is 1.44. The van der Waals surface area contributed by atoms with Gasteiger partial charge in [0.25, 0.3) is 0 Å². The molecular formula is C19H30O2. The summed E-state index contributed by atoms with van der Waals surface area (Å²) < 4.78 is 4.59. The Morgan fingerprint density at radius 3 is 1.90 bits per heavy atom. The van der Waals surface area contributed by atoms with Gasteiger partial charge in [-0.25, -0.2) is 0 Å². The van der Waals surface area contributed by atoms with Crippen LogP contribution in [0.5, 0.6) is 0 Å². The van der Waals surface area contributed by atoms with Gasteiger partial charge >= 0.3 is 5.97 Å². The number of rotatable bonds is 13. The fourth-order valence-corrected chi connectivity index (χ4v) is 1.88. The van der Waals surface area contributed by atoms with Crippen molar-refractivity contribution in [2.24, 2.45) is 0 Å². The highest BCUT2D eigenvalue weighted by Gasteiger charge is 1.97. The van der Waals surface area contributed by atoms with E-state index in [9.17, 15) is 4.79 Å². The van der Waals surface area contributed by atoms with Crippen molar-refractivity contribution in [2.45, 2.75) is 57.8 Å². The van der Waals surface area contributed by atoms with Crippen molar-refractivity contribution in [3.05, 3.63) is 49.1 Å². The predicted octanol–water partition coefficient (Wildman–Crippen LogP) is 5.52. The normalized spacial score (nSPS) is 11.7. The zero-order chi connectivity index (χ0) is 15.6. The van der Waals surface area contributed by atoms with Gasteiger partial charge in [0, 0.05) is 6.42 Å². The molecule has 0 amide bonds. The molecule has 118 valence electrons. The Bertz CT molecular complexity index is 337. The number of hydrogen-bond donors (Lipinski definition) is 0. The number of carbonyl (C=O) groups excluding carboxylic acids is 1. The van der Waals surface area contributed by atoms with E-state index in [1.807, 2.05) is 12.2 Å². The molecule has 0 unspecified atom stereocenters. The SMILES string of the molecule is C=C/C=C/CCCCC/C=C/C=C/CCCCC(=O)OC. The van der Waals surface area contributed by atoms with E-state index in [0.717, 1.165) is 32.1 Å². The van der Waals surface area contributed by atoms with Crippen molar-refractivity contribution < 1.29 is 9.53 Å². The summed E-state index contributed by atoms with van der Waals surface area (Å²) in [4.78, 5) is 10.9. The minimum absolute atomic E-state index is 0.112. The van der Waals surface area contributed by atoms with Crippen LogP contribution in [-0.4, -0.2) is 13.1 Å². The van der Waals surface area contributed by atoms with Gasteiger partial charge in [0.1, 0.15) is 0 Å². The summed E-state index contributed by atoms with van der Waals surface area (Å²) in [6, 6.07) is 0. The van der Waals surface area contributed by atoms with Gasteiger partial charge < -0.3 is 4.74 Å². The second-order valence-electron chi connectivity index (χ2n) is 4.98. The molecule has 2 heteroatoms. The largest absolute Gasteiger partial charge is 0.469 e. The fourth-order valence-electron chi connectivity index (χ4n) is 1.88. The number of unbranched alkanes of at least 4 members (excludes halogenated alkanes) is 6. The minimum atomic E-state index is -0.112. The lowest BCUT2D eigenvalue weighted by atomic mass is 10.1. The third-order valence-electron chi connectivity index (χ3n) is 3.13. The Labute approximate surface area is 130 Å². The van der Waals surface area contributed by atoms with Crippen LogP contribution in [-0.2, 0) is 9.53 Å². The van der Waals surface area contributed by atoms with Gasteiger partial charge in [0.2, 0.25) is 0 Å². The van der Waals surface area contributed by atoms with Crippen molar-refractivity contribution in [2.75, 3.05) is 7.11 Å². The highest BCUT2D eigenvalue weighted by molar-refractivity contribution is 5.68. The van der Waals surface area contributed by atoms with Crippen molar-refractivity contribution in [3.63, 3.8) is 0 Å². The third kappa shape index (κ3) is 16.4. The van der Waals surface area contributed by atoms with Crippen LogP contribution < -0.4 is 0 Å². The molecule has 0 aliphatic carbocycles. The molecule has 0 spiro atoms. The van der Waals surface area contributed by atoms with Crippen molar-refractivity contribution >= 4 is 5.97 Å². The van der Waals surface area contributed by atoms with Gasteiger partial charge in [0.05, 0.1) is 7.11 Å². The van der Waals surface area contributed by atoms with Crippen LogP contribution >= 0.6 is 0 Å². The number of hydrogen-bond acceptors (Lipinski definition) is 2. The highest BCUT2D eigenvalue weighted by Crippen LogP contribution is 2.05. The van der Waals surface area contributed by atoms with Gasteiger partial charge in [0.15, 0.2) is 0 Å². The van der Waals surface area contributed by atoms with Gasteiger partial charge in [-0.2, -0.15) is 0 Å². The van der Waals surface area contributed by atoms with Crippen LogP contribution in [0.15, 0.2) is 49.1 Å². The number of carbonyl (C=O) groups is 1. The summed E-state index contributed by atoms with van der Waals surface area (Å²) in [5, 5.41) is 0. The predicted molar refractivity (Wildman–Crippen MR) is 91.2 cm³/mol. The summed E-state index contributed by atoms with van der Waals surface area (Å²) >= 11 is 0. The first-order valence-corrected chi connectivity index (χ1v) is 7.97. The van der Waals surface area contributed by atoms with Gasteiger partial charge in [-0.05, 0) is 44.9 Å². The Morgan fingerprint density at radius 1 is 0.857 bits per heavy atom. The monoisotopic (exact) mass is 290 g/mol. The summed E-state index contributed by atoms with van der Waals surface area (Å²) in [6.07, 6.45) is 24.2. The van der Waals surface area contributed by atoms with Crippen LogP contribution in [0.3, 0.4) is 0 Å². The van der Waals surface area contributed by atoms with Gasteiger partial charge in [-0.15, -0.1) is 0 Å². The molecule has 0 aromatic heterocycles. The Balaban J connectivity index is 3.31. The number of methoxy groups -OCH3 is 1. The van der Waals surface area contributed by atoms with Crippen LogP contribution in [0.2, 0.25) is 0 Å². The maximum absolute atomic E-state index is 10.9. The Hall–Kier alpha value is -1.57. The standard InChI is InChI=1S/C19H30O2/c1-3-4-5-6-7-8-9-10-11-12-13-14-15-16-17-18-19(20)21-2/h3-5,11-14H,1,6-10,15-18H2,2H3/b5-4+,12-11+,14-13+. The average Bonchev–Trinajstić information content (AvgIpc) is 2.50. The van der Waals surface area contributed by atoms with Crippen molar-refractivity contribution in [1.82, 2.24) is 0 Å². The fraction of sp³-hybridized carbons (Fsp3) is 0.526. The quantitative estimate of drug-likeness (QED) is 0.253. The number of esters is 1. The first kappa shape index (κ1) is 19.4. The lowest BCUT2D eigenvalue weighted by molar-refractivity contribution is -0.140. The molecule has 0 fully saturated rings. The molecule has 0 atom stereocenters. The lowest BCUT2D eigenvalue weighted by Gasteiger charge is -1.96. The average molecular weight is 290 g/mol. The Morgan fingerprint density at radius 2 is 1.38 bits per heavy atom. The molecule has 0 radical (unpaired) electrons. The molecule has 2 nitrogen and oxygen atoms in total. The molecule has 21 heavy (non-hydrogen) atoms. The molecule has 0 aliphatic rings. The maximum atomic E-state index is 10.9. The molecule has 0 bridgehead atoms. The topological polar surface area (TPSA) is 26.3 Å². The third-order valence-corrected chi connectivity index (χ3v) is 3.13. The number of allylic oxidation sites excluding steroid dienone is 7. The molecule has 0 heterocycles. The minimum Gasteiger partial charge on any atom is -0.469 e. The van der Waals surface area contributed by atoms with Crippen LogP contribution in [0.1, 0.15) is 57.8 Å². The zero-order valence-electron chi connectivity index (χ0n) is 13.4. The highest BCUT2D eigenvalue weighted by atomic mass is 16.5. The zero-order valence-corrected chi connectivity index (χ0v) is 13.4. The second kappa shape index (κ2) is 16.5. The van der Waals surface area contributed by atoms with Crippen LogP contribution in [0.25, 0.3) is 0 Å². The molecular weight excluding hydrogens is 260 g/mol.